The van der Waals surface area contributed by atoms with Crippen LogP contribution in [0, 0.1) is 0 Å². The van der Waals surface area contributed by atoms with Crippen molar-refractivity contribution in [3.8, 4) is 5.75 Å². The first-order valence-electron chi connectivity index (χ1n) is 9.89. The van der Waals surface area contributed by atoms with E-state index in [9.17, 15) is 22.8 Å². The molecular formula is C21H24F3N5O3. The number of anilines is 2. The topological polar surface area (TPSA) is 96.5 Å². The van der Waals surface area contributed by atoms with Crippen LogP contribution in [0.25, 0.3) is 0 Å². The Balaban J connectivity index is 1.92. The number of carbonyl (C=O) groups excluding carboxylic acids is 2. The molecule has 1 aromatic heterocycles. The maximum Gasteiger partial charge on any atom is 0.433 e. The summed E-state index contributed by atoms with van der Waals surface area (Å²) in [6.07, 6.45) is -4.52. The minimum Gasteiger partial charge on any atom is -0.479 e. The number of hydrogen-bond acceptors (Lipinski definition) is 5. The van der Waals surface area contributed by atoms with Gasteiger partial charge in [0, 0.05) is 23.5 Å². The molecule has 32 heavy (non-hydrogen) atoms. The zero-order chi connectivity index (χ0) is 23.8. The van der Waals surface area contributed by atoms with Gasteiger partial charge in [0.25, 0.3) is 5.91 Å². The molecule has 11 heteroatoms. The number of nitrogens with zero attached hydrogens (tertiary/aromatic N) is 3. The second-order valence-electron chi connectivity index (χ2n) is 8.45. The predicted molar refractivity (Wildman–Crippen MR) is 111 cm³/mol. The SMILES string of the molecule is C[C@H]1Oc2cc(NC(=O)NC(C)(C)C)ccc2N([C@@H](C)c2nccc(C(F)(F)F)n2)C1=O. The molecule has 2 heterocycles. The lowest BCUT2D eigenvalue weighted by Crippen LogP contribution is -2.46. The minimum absolute atomic E-state index is 0.153. The Morgan fingerprint density at radius 3 is 2.53 bits per heavy atom. The van der Waals surface area contributed by atoms with E-state index in [1.807, 2.05) is 20.8 Å². The molecule has 0 fully saturated rings. The van der Waals surface area contributed by atoms with E-state index in [4.69, 9.17) is 4.74 Å². The van der Waals surface area contributed by atoms with Gasteiger partial charge in [-0.15, -0.1) is 0 Å². The van der Waals surface area contributed by atoms with Crippen LogP contribution in [0.15, 0.2) is 30.5 Å². The van der Waals surface area contributed by atoms with Crippen molar-refractivity contribution < 1.29 is 27.5 Å². The minimum atomic E-state index is -4.63. The summed E-state index contributed by atoms with van der Waals surface area (Å²) >= 11 is 0. The molecule has 0 spiro atoms. The third kappa shape index (κ3) is 5.09. The lowest BCUT2D eigenvalue weighted by molar-refractivity contribution is -0.141. The van der Waals surface area contributed by atoms with Crippen LogP contribution in [-0.4, -0.2) is 33.5 Å². The first kappa shape index (κ1) is 23.3. The molecular weight excluding hydrogens is 427 g/mol. The summed E-state index contributed by atoms with van der Waals surface area (Å²) in [6.45, 7) is 8.59. The normalized spacial score (nSPS) is 17.3. The summed E-state index contributed by atoms with van der Waals surface area (Å²) in [5.41, 5.74) is -0.765. The molecule has 1 aromatic carbocycles. The molecule has 2 N–H and O–H groups in total. The summed E-state index contributed by atoms with van der Waals surface area (Å²) in [6, 6.07) is 4.14. The summed E-state index contributed by atoms with van der Waals surface area (Å²) in [7, 11) is 0. The number of alkyl halides is 3. The zero-order valence-electron chi connectivity index (χ0n) is 18.2. The van der Waals surface area contributed by atoms with Crippen LogP contribution in [-0.2, 0) is 11.0 Å². The third-order valence-electron chi connectivity index (χ3n) is 4.58. The van der Waals surface area contributed by atoms with Gasteiger partial charge in [-0.3, -0.25) is 9.69 Å². The molecule has 3 amide bonds. The van der Waals surface area contributed by atoms with E-state index in [-0.39, 0.29) is 5.82 Å². The van der Waals surface area contributed by atoms with Gasteiger partial charge in [-0.25, -0.2) is 14.8 Å². The number of rotatable bonds is 3. The van der Waals surface area contributed by atoms with Crippen LogP contribution in [0.4, 0.5) is 29.3 Å². The predicted octanol–water partition coefficient (Wildman–Crippen LogP) is 4.29. The summed E-state index contributed by atoms with van der Waals surface area (Å²) in [5, 5.41) is 5.46. The first-order valence-corrected chi connectivity index (χ1v) is 9.89. The van der Waals surface area contributed by atoms with Crippen molar-refractivity contribution in [3.63, 3.8) is 0 Å². The Kier molecular flexibility index (Phi) is 6.03. The Labute approximate surface area is 183 Å². The number of urea groups is 1. The van der Waals surface area contributed by atoms with Crippen LogP contribution in [0.1, 0.15) is 52.2 Å². The number of amides is 3. The molecule has 0 bridgehead atoms. The molecule has 0 saturated heterocycles. The van der Waals surface area contributed by atoms with E-state index in [2.05, 4.69) is 20.6 Å². The van der Waals surface area contributed by atoms with Gasteiger partial charge in [-0.1, -0.05) is 0 Å². The highest BCUT2D eigenvalue weighted by Gasteiger charge is 2.38. The Hall–Kier alpha value is -3.37. The van der Waals surface area contributed by atoms with Gasteiger partial charge in [-0.05, 0) is 52.8 Å². The Bertz CT molecular complexity index is 1040. The Morgan fingerprint density at radius 2 is 1.91 bits per heavy atom. The highest BCUT2D eigenvalue weighted by Crippen LogP contribution is 2.40. The standard InChI is InChI=1S/C21H24F3N5O3/c1-11(17-25-9-8-16(27-17)21(22,23)24)29-14-7-6-13(26-19(31)28-20(3,4)5)10-15(14)32-12(2)18(29)30/h6-12H,1-5H3,(H2,26,28,31)/t11-,12+/m0/s1. The quantitative estimate of drug-likeness (QED) is 0.726. The fourth-order valence-electron chi connectivity index (χ4n) is 3.19. The number of hydrogen-bond donors (Lipinski definition) is 2. The summed E-state index contributed by atoms with van der Waals surface area (Å²) in [4.78, 5) is 33.8. The number of carbonyl (C=O) groups is 2. The highest BCUT2D eigenvalue weighted by atomic mass is 19.4. The molecule has 0 aliphatic carbocycles. The molecule has 2 aromatic rings. The van der Waals surface area contributed by atoms with Crippen LogP contribution in [0.2, 0.25) is 0 Å². The van der Waals surface area contributed by atoms with Crippen LogP contribution >= 0.6 is 0 Å². The van der Waals surface area contributed by atoms with E-state index in [0.29, 0.717) is 17.1 Å². The first-order chi connectivity index (χ1) is 14.8. The van der Waals surface area contributed by atoms with Gasteiger partial charge in [0.1, 0.15) is 11.4 Å². The van der Waals surface area contributed by atoms with E-state index >= 15 is 0 Å². The van der Waals surface area contributed by atoms with Gasteiger partial charge in [0.2, 0.25) is 0 Å². The van der Waals surface area contributed by atoms with Crippen molar-refractivity contribution in [1.29, 1.82) is 0 Å². The van der Waals surface area contributed by atoms with Crippen molar-refractivity contribution in [3.05, 3.63) is 42.0 Å². The lowest BCUT2D eigenvalue weighted by atomic mass is 10.1. The number of nitrogens with one attached hydrogen (secondary N) is 2. The molecule has 3 rings (SSSR count). The number of fused-ring (bicyclic) bond motifs is 1. The van der Waals surface area contributed by atoms with Crippen LogP contribution < -0.4 is 20.3 Å². The van der Waals surface area contributed by atoms with Crippen molar-refractivity contribution in [2.75, 3.05) is 10.2 Å². The maximum atomic E-state index is 13.1. The molecule has 0 unspecified atom stereocenters. The van der Waals surface area contributed by atoms with E-state index in [1.54, 1.807) is 18.2 Å². The highest BCUT2D eigenvalue weighted by molar-refractivity contribution is 6.01. The summed E-state index contributed by atoms with van der Waals surface area (Å²) < 4.78 is 44.9. The second-order valence-corrected chi connectivity index (χ2v) is 8.45. The number of aromatic nitrogens is 2. The average Bonchev–Trinajstić information content (AvgIpc) is 2.66. The molecule has 1 aliphatic rings. The van der Waals surface area contributed by atoms with Gasteiger partial charge in [-0.2, -0.15) is 13.2 Å². The monoisotopic (exact) mass is 451 g/mol. The molecule has 2 atom stereocenters. The number of benzene rings is 1. The fraction of sp³-hybridized carbons (Fsp3) is 0.429. The average molecular weight is 451 g/mol. The molecule has 172 valence electrons. The second kappa shape index (κ2) is 8.29. The molecule has 0 saturated carbocycles. The van der Waals surface area contributed by atoms with Crippen molar-refractivity contribution >= 4 is 23.3 Å². The maximum absolute atomic E-state index is 13.1. The third-order valence-corrected chi connectivity index (χ3v) is 4.58. The zero-order valence-corrected chi connectivity index (χ0v) is 18.2. The number of ether oxygens (including phenoxy) is 1. The smallest absolute Gasteiger partial charge is 0.433 e. The van der Waals surface area contributed by atoms with Crippen molar-refractivity contribution in [1.82, 2.24) is 15.3 Å². The van der Waals surface area contributed by atoms with Gasteiger partial charge in [0.15, 0.2) is 11.9 Å². The van der Waals surface area contributed by atoms with Crippen molar-refractivity contribution in [2.45, 2.75) is 58.5 Å². The largest absolute Gasteiger partial charge is 0.479 e. The summed E-state index contributed by atoms with van der Waals surface area (Å²) in [5.74, 6) is -0.304. The van der Waals surface area contributed by atoms with E-state index in [1.165, 1.54) is 18.7 Å². The number of halogens is 3. The van der Waals surface area contributed by atoms with Crippen molar-refractivity contribution in [2.24, 2.45) is 0 Å². The van der Waals surface area contributed by atoms with Gasteiger partial charge < -0.3 is 15.4 Å². The van der Waals surface area contributed by atoms with Crippen LogP contribution in [0.3, 0.4) is 0 Å². The fourth-order valence-corrected chi connectivity index (χ4v) is 3.19. The molecule has 1 aliphatic heterocycles. The van der Waals surface area contributed by atoms with Gasteiger partial charge in [0.05, 0.1) is 11.7 Å². The van der Waals surface area contributed by atoms with Crippen LogP contribution in [0.5, 0.6) is 5.75 Å². The van der Waals surface area contributed by atoms with Gasteiger partial charge >= 0.3 is 12.2 Å². The lowest BCUT2D eigenvalue weighted by Gasteiger charge is -2.36. The molecule has 8 nitrogen and oxygen atoms in total. The Morgan fingerprint density at radius 1 is 1.22 bits per heavy atom. The van der Waals surface area contributed by atoms with E-state index in [0.717, 1.165) is 12.3 Å². The molecule has 0 radical (unpaired) electrons. The van der Waals surface area contributed by atoms with E-state index < -0.39 is 41.5 Å².